The van der Waals surface area contributed by atoms with Crippen LogP contribution in [0.15, 0.2) is 30.3 Å². The number of pyridine rings is 1. The Morgan fingerprint density at radius 3 is 2.78 bits per heavy atom. The summed E-state index contributed by atoms with van der Waals surface area (Å²) in [6.45, 7) is 7.15. The third kappa shape index (κ3) is 4.64. The topological polar surface area (TPSA) is 88.8 Å². The smallest absolute Gasteiger partial charge is 0.409 e. The number of non-ortho nitro benzene ring substituents is 1. The van der Waals surface area contributed by atoms with Crippen molar-refractivity contribution in [3.05, 3.63) is 40.4 Å². The van der Waals surface area contributed by atoms with Crippen LogP contribution in [-0.2, 0) is 4.74 Å². The SMILES string of the molecule is CC(C)COC(=O)N1CCCN(c2ccc3cc([N+](=O)[O-])ccc3n2)CC1. The Morgan fingerprint density at radius 2 is 2.04 bits per heavy atom. The predicted molar refractivity (Wildman–Crippen MR) is 103 cm³/mol. The van der Waals surface area contributed by atoms with Gasteiger partial charge in [-0.2, -0.15) is 0 Å². The van der Waals surface area contributed by atoms with E-state index in [1.54, 1.807) is 11.0 Å². The van der Waals surface area contributed by atoms with E-state index in [0.717, 1.165) is 29.7 Å². The third-order valence-electron chi connectivity index (χ3n) is 4.49. The second kappa shape index (κ2) is 8.20. The van der Waals surface area contributed by atoms with Gasteiger partial charge in [0.1, 0.15) is 5.82 Å². The Balaban J connectivity index is 1.69. The number of hydrogen-bond donors (Lipinski definition) is 0. The average molecular weight is 372 g/mol. The minimum atomic E-state index is -0.408. The van der Waals surface area contributed by atoms with Gasteiger partial charge in [0.25, 0.3) is 5.69 Å². The van der Waals surface area contributed by atoms with Crippen LogP contribution in [0.4, 0.5) is 16.3 Å². The zero-order valence-electron chi connectivity index (χ0n) is 15.6. The van der Waals surface area contributed by atoms with Crippen molar-refractivity contribution in [1.29, 1.82) is 0 Å². The summed E-state index contributed by atoms with van der Waals surface area (Å²) in [5, 5.41) is 11.6. The quantitative estimate of drug-likeness (QED) is 0.603. The van der Waals surface area contributed by atoms with E-state index in [1.807, 2.05) is 26.0 Å². The molecular weight excluding hydrogens is 348 g/mol. The van der Waals surface area contributed by atoms with E-state index in [-0.39, 0.29) is 11.8 Å². The molecule has 0 aliphatic carbocycles. The molecule has 0 radical (unpaired) electrons. The molecule has 2 aromatic rings. The fourth-order valence-corrected chi connectivity index (χ4v) is 3.05. The molecule has 0 spiro atoms. The van der Waals surface area contributed by atoms with Crippen molar-refractivity contribution in [3.8, 4) is 0 Å². The van der Waals surface area contributed by atoms with Gasteiger partial charge in [-0.1, -0.05) is 13.8 Å². The minimum Gasteiger partial charge on any atom is -0.449 e. The minimum absolute atomic E-state index is 0.0578. The Kier molecular flexibility index (Phi) is 5.73. The van der Waals surface area contributed by atoms with Crippen molar-refractivity contribution in [1.82, 2.24) is 9.88 Å². The molecular formula is C19H24N4O4. The summed E-state index contributed by atoms with van der Waals surface area (Å²) >= 11 is 0. The third-order valence-corrected chi connectivity index (χ3v) is 4.49. The zero-order valence-corrected chi connectivity index (χ0v) is 15.6. The van der Waals surface area contributed by atoms with Gasteiger partial charge in [-0.05, 0) is 30.5 Å². The zero-order chi connectivity index (χ0) is 19.4. The predicted octanol–water partition coefficient (Wildman–Crippen LogP) is 3.45. The molecule has 1 aliphatic rings. The Labute approximate surface area is 157 Å². The fourth-order valence-electron chi connectivity index (χ4n) is 3.05. The Hall–Kier alpha value is -2.90. The van der Waals surface area contributed by atoms with Crippen molar-refractivity contribution < 1.29 is 14.5 Å². The van der Waals surface area contributed by atoms with Crippen molar-refractivity contribution in [2.75, 3.05) is 37.7 Å². The lowest BCUT2D eigenvalue weighted by Gasteiger charge is -2.23. The van der Waals surface area contributed by atoms with Gasteiger partial charge < -0.3 is 14.5 Å². The molecule has 0 unspecified atom stereocenters. The molecule has 0 N–H and O–H groups in total. The number of anilines is 1. The maximum Gasteiger partial charge on any atom is 0.409 e. The number of benzene rings is 1. The van der Waals surface area contributed by atoms with E-state index in [2.05, 4.69) is 9.88 Å². The van der Waals surface area contributed by atoms with E-state index < -0.39 is 4.92 Å². The van der Waals surface area contributed by atoms with Gasteiger partial charge in [-0.15, -0.1) is 0 Å². The van der Waals surface area contributed by atoms with Crippen molar-refractivity contribution in [2.45, 2.75) is 20.3 Å². The number of ether oxygens (including phenoxy) is 1. The summed E-state index contributed by atoms with van der Waals surface area (Å²) in [6.07, 6.45) is 0.570. The molecule has 3 rings (SSSR count). The van der Waals surface area contributed by atoms with E-state index in [1.165, 1.54) is 12.1 Å². The highest BCUT2D eigenvalue weighted by atomic mass is 16.6. The molecule has 2 heterocycles. The Bertz CT molecular complexity index is 840. The maximum atomic E-state index is 12.2. The number of carbonyl (C=O) groups excluding carboxylic acids is 1. The standard InChI is InChI=1S/C19H24N4O4/c1-14(2)13-27-19(24)22-9-3-8-21(10-11-22)18-7-4-15-12-16(23(25)26)5-6-17(15)20-18/h4-7,12,14H,3,8-11,13H2,1-2H3. The highest BCUT2D eigenvalue weighted by Crippen LogP contribution is 2.23. The van der Waals surface area contributed by atoms with Crippen LogP contribution in [0, 0.1) is 16.0 Å². The molecule has 1 fully saturated rings. The van der Waals surface area contributed by atoms with Gasteiger partial charge in [0.2, 0.25) is 0 Å². The number of nitro groups is 1. The average Bonchev–Trinajstić information content (AvgIpc) is 2.91. The molecule has 8 heteroatoms. The largest absolute Gasteiger partial charge is 0.449 e. The summed E-state index contributed by atoms with van der Waals surface area (Å²) in [5.74, 6) is 1.13. The van der Waals surface area contributed by atoms with Gasteiger partial charge >= 0.3 is 6.09 Å². The van der Waals surface area contributed by atoms with Gasteiger partial charge in [0, 0.05) is 43.7 Å². The Morgan fingerprint density at radius 1 is 1.22 bits per heavy atom. The van der Waals surface area contributed by atoms with E-state index >= 15 is 0 Å². The molecule has 0 atom stereocenters. The summed E-state index contributed by atoms with van der Waals surface area (Å²) in [6, 6.07) is 8.39. The highest BCUT2D eigenvalue weighted by molar-refractivity contribution is 5.82. The summed E-state index contributed by atoms with van der Waals surface area (Å²) in [5.41, 5.74) is 0.776. The number of rotatable bonds is 4. The van der Waals surface area contributed by atoms with Crippen LogP contribution in [0.3, 0.4) is 0 Å². The molecule has 1 saturated heterocycles. The normalized spacial score (nSPS) is 15.1. The van der Waals surface area contributed by atoms with Crippen LogP contribution in [0.2, 0.25) is 0 Å². The molecule has 1 aromatic heterocycles. The number of fused-ring (bicyclic) bond motifs is 1. The molecule has 0 saturated carbocycles. The molecule has 0 bridgehead atoms. The van der Waals surface area contributed by atoms with E-state index in [9.17, 15) is 14.9 Å². The lowest BCUT2D eigenvalue weighted by molar-refractivity contribution is -0.384. The van der Waals surface area contributed by atoms with Crippen LogP contribution < -0.4 is 4.90 Å². The number of hydrogen-bond acceptors (Lipinski definition) is 6. The van der Waals surface area contributed by atoms with Gasteiger partial charge in [-0.25, -0.2) is 9.78 Å². The lowest BCUT2D eigenvalue weighted by atomic mass is 10.2. The van der Waals surface area contributed by atoms with Crippen LogP contribution in [0.1, 0.15) is 20.3 Å². The first-order valence-electron chi connectivity index (χ1n) is 9.16. The van der Waals surface area contributed by atoms with Crippen molar-refractivity contribution >= 4 is 28.5 Å². The van der Waals surface area contributed by atoms with Gasteiger partial charge in [0.05, 0.1) is 17.0 Å². The van der Waals surface area contributed by atoms with Crippen LogP contribution >= 0.6 is 0 Å². The number of amides is 1. The molecule has 1 amide bonds. The van der Waals surface area contributed by atoms with Crippen LogP contribution in [-0.4, -0.2) is 53.7 Å². The van der Waals surface area contributed by atoms with Crippen LogP contribution in [0.25, 0.3) is 10.9 Å². The van der Waals surface area contributed by atoms with Crippen molar-refractivity contribution in [2.24, 2.45) is 5.92 Å². The summed E-state index contributed by atoms with van der Waals surface area (Å²) in [7, 11) is 0. The fraction of sp³-hybridized carbons (Fsp3) is 0.474. The van der Waals surface area contributed by atoms with Crippen molar-refractivity contribution in [3.63, 3.8) is 0 Å². The van der Waals surface area contributed by atoms with Gasteiger partial charge in [-0.3, -0.25) is 10.1 Å². The second-order valence-electron chi connectivity index (χ2n) is 7.10. The number of nitro benzene ring substituents is 1. The maximum absolute atomic E-state index is 12.2. The molecule has 8 nitrogen and oxygen atoms in total. The molecule has 144 valence electrons. The first kappa shape index (κ1) is 18.9. The molecule has 27 heavy (non-hydrogen) atoms. The summed E-state index contributed by atoms with van der Waals surface area (Å²) in [4.78, 5) is 31.2. The first-order chi connectivity index (χ1) is 12.9. The van der Waals surface area contributed by atoms with E-state index in [4.69, 9.17) is 4.74 Å². The monoisotopic (exact) mass is 372 g/mol. The number of nitrogens with zero attached hydrogens (tertiary/aromatic N) is 4. The second-order valence-corrected chi connectivity index (χ2v) is 7.10. The lowest BCUT2D eigenvalue weighted by Crippen LogP contribution is -2.36. The van der Waals surface area contributed by atoms with E-state index in [0.29, 0.717) is 32.2 Å². The molecule has 1 aliphatic heterocycles. The van der Waals surface area contributed by atoms with Gasteiger partial charge in [0.15, 0.2) is 0 Å². The van der Waals surface area contributed by atoms with Crippen LogP contribution in [0.5, 0.6) is 0 Å². The number of carbonyl (C=O) groups is 1. The highest BCUT2D eigenvalue weighted by Gasteiger charge is 2.21. The number of aromatic nitrogens is 1. The first-order valence-corrected chi connectivity index (χ1v) is 9.16. The summed E-state index contributed by atoms with van der Waals surface area (Å²) < 4.78 is 5.33. The molecule has 1 aromatic carbocycles.